The highest BCUT2D eigenvalue weighted by molar-refractivity contribution is 6.07. The Hall–Kier alpha value is -4.00. The largest absolute Gasteiger partial charge is 0.338 e. The molecule has 5 rings (SSSR count). The number of hydrogen-bond donors (Lipinski definition) is 2. The summed E-state index contributed by atoms with van der Waals surface area (Å²) in [5.74, 6) is 0.0512. The molecule has 0 saturated carbocycles. The second kappa shape index (κ2) is 8.63. The first-order chi connectivity index (χ1) is 15.7. The minimum Gasteiger partial charge on any atom is -0.338 e. The van der Waals surface area contributed by atoms with Gasteiger partial charge in [0.1, 0.15) is 0 Å². The van der Waals surface area contributed by atoms with Crippen molar-refractivity contribution in [1.82, 2.24) is 20.1 Å². The van der Waals surface area contributed by atoms with E-state index < -0.39 is 0 Å². The van der Waals surface area contributed by atoms with Gasteiger partial charge in [0.25, 0.3) is 5.91 Å². The zero-order valence-corrected chi connectivity index (χ0v) is 17.5. The van der Waals surface area contributed by atoms with Crippen molar-refractivity contribution in [1.29, 1.82) is 0 Å². The van der Waals surface area contributed by atoms with Crippen LogP contribution in [-0.4, -0.2) is 45.0 Å². The van der Waals surface area contributed by atoms with Gasteiger partial charge in [0, 0.05) is 42.7 Å². The number of rotatable bonds is 4. The fourth-order valence-electron chi connectivity index (χ4n) is 4.25. The van der Waals surface area contributed by atoms with E-state index in [0.717, 1.165) is 34.9 Å². The van der Waals surface area contributed by atoms with Crippen molar-refractivity contribution in [3.05, 3.63) is 78.6 Å². The minimum absolute atomic E-state index is 0.0287. The summed E-state index contributed by atoms with van der Waals surface area (Å²) in [7, 11) is 0. The molecule has 2 N–H and O–H groups in total. The summed E-state index contributed by atoms with van der Waals surface area (Å²) in [5.41, 5.74) is 2.43. The average molecular weight is 425 g/mol. The van der Waals surface area contributed by atoms with Gasteiger partial charge in [0.2, 0.25) is 5.91 Å². The van der Waals surface area contributed by atoms with Gasteiger partial charge in [-0.1, -0.05) is 36.4 Å². The number of amides is 2. The number of nitrogens with one attached hydrogen (secondary N) is 2. The van der Waals surface area contributed by atoms with Gasteiger partial charge in [0.05, 0.1) is 11.6 Å². The third-order valence-corrected chi connectivity index (χ3v) is 5.92. The SMILES string of the molecule is O=C(Nc1cc(-c2ccncc2)[nH]n1)[C@@H]1CCCN(C(=O)c2cccc3ccccc23)C1. The Morgan fingerprint density at radius 2 is 1.84 bits per heavy atom. The van der Waals surface area contributed by atoms with Crippen LogP contribution in [0.1, 0.15) is 23.2 Å². The topological polar surface area (TPSA) is 91.0 Å². The standard InChI is InChI=1S/C25H23N5O2/c31-24(27-23-15-22(28-29-23)18-10-12-26-13-11-18)19-7-4-14-30(16-19)25(32)21-9-3-6-17-5-1-2-8-20(17)21/h1-3,5-6,8-13,15,19H,4,7,14,16H2,(H2,27,28,29,31)/t19-/m1/s1. The summed E-state index contributed by atoms with van der Waals surface area (Å²) in [6.45, 7) is 1.05. The molecule has 160 valence electrons. The van der Waals surface area contributed by atoms with E-state index in [4.69, 9.17) is 0 Å². The fourth-order valence-corrected chi connectivity index (χ4v) is 4.25. The number of carbonyl (C=O) groups excluding carboxylic acids is 2. The zero-order chi connectivity index (χ0) is 21.9. The lowest BCUT2D eigenvalue weighted by molar-refractivity contribution is -0.121. The number of H-pyrrole nitrogens is 1. The molecule has 2 amide bonds. The smallest absolute Gasteiger partial charge is 0.254 e. The van der Waals surface area contributed by atoms with Gasteiger partial charge in [-0.25, -0.2) is 0 Å². The Morgan fingerprint density at radius 3 is 2.72 bits per heavy atom. The number of nitrogens with zero attached hydrogens (tertiary/aromatic N) is 3. The van der Waals surface area contributed by atoms with Crippen molar-refractivity contribution in [2.45, 2.75) is 12.8 Å². The number of hydrogen-bond acceptors (Lipinski definition) is 4. The number of fused-ring (bicyclic) bond motifs is 1. The molecule has 2 aromatic heterocycles. The monoisotopic (exact) mass is 425 g/mol. The van der Waals surface area contributed by atoms with Crippen molar-refractivity contribution < 1.29 is 9.59 Å². The van der Waals surface area contributed by atoms with Crippen LogP contribution in [0.4, 0.5) is 5.82 Å². The highest BCUT2D eigenvalue weighted by Crippen LogP contribution is 2.25. The highest BCUT2D eigenvalue weighted by Gasteiger charge is 2.30. The molecular weight excluding hydrogens is 402 g/mol. The Morgan fingerprint density at radius 1 is 1.03 bits per heavy atom. The Bertz CT molecular complexity index is 1260. The Kier molecular flexibility index (Phi) is 5.37. The van der Waals surface area contributed by atoms with Crippen LogP contribution in [0.15, 0.2) is 73.1 Å². The van der Waals surface area contributed by atoms with Crippen molar-refractivity contribution in [3.63, 3.8) is 0 Å². The first-order valence-corrected chi connectivity index (χ1v) is 10.7. The second-order valence-corrected chi connectivity index (χ2v) is 8.01. The molecule has 7 heteroatoms. The van der Waals surface area contributed by atoms with E-state index in [0.29, 0.717) is 24.5 Å². The van der Waals surface area contributed by atoms with E-state index in [1.54, 1.807) is 23.4 Å². The van der Waals surface area contributed by atoms with E-state index in [1.807, 2.05) is 54.6 Å². The number of likely N-dealkylation sites (tertiary alicyclic amines) is 1. The summed E-state index contributed by atoms with van der Waals surface area (Å²) in [4.78, 5) is 32.0. The average Bonchev–Trinajstić information content (AvgIpc) is 3.32. The van der Waals surface area contributed by atoms with Crippen molar-refractivity contribution in [2.24, 2.45) is 5.92 Å². The van der Waals surface area contributed by atoms with Gasteiger partial charge in [-0.05, 0) is 41.8 Å². The molecule has 1 aliphatic rings. The van der Waals surface area contributed by atoms with E-state index in [2.05, 4.69) is 20.5 Å². The van der Waals surface area contributed by atoms with E-state index >= 15 is 0 Å². The number of aromatic nitrogens is 3. The van der Waals surface area contributed by atoms with Gasteiger partial charge < -0.3 is 10.2 Å². The lowest BCUT2D eigenvalue weighted by Crippen LogP contribution is -2.43. The predicted molar refractivity (Wildman–Crippen MR) is 123 cm³/mol. The van der Waals surface area contributed by atoms with Crippen LogP contribution in [0.2, 0.25) is 0 Å². The van der Waals surface area contributed by atoms with Gasteiger partial charge in [-0.15, -0.1) is 0 Å². The zero-order valence-electron chi connectivity index (χ0n) is 17.5. The third kappa shape index (κ3) is 3.97. The quantitative estimate of drug-likeness (QED) is 0.515. The number of aromatic amines is 1. The molecule has 1 atom stereocenters. The van der Waals surface area contributed by atoms with Gasteiger partial charge in [-0.2, -0.15) is 5.10 Å². The maximum absolute atomic E-state index is 13.3. The Labute approximate surface area is 185 Å². The number of anilines is 1. The van der Waals surface area contributed by atoms with Crippen molar-refractivity contribution in [3.8, 4) is 11.3 Å². The number of benzene rings is 2. The summed E-state index contributed by atoms with van der Waals surface area (Å²) in [5, 5.41) is 12.0. The number of piperidine rings is 1. The summed E-state index contributed by atoms with van der Waals surface area (Å²) in [6, 6.07) is 19.2. The second-order valence-electron chi connectivity index (χ2n) is 8.01. The van der Waals surface area contributed by atoms with Crippen molar-refractivity contribution in [2.75, 3.05) is 18.4 Å². The molecule has 2 aromatic carbocycles. The molecule has 0 aliphatic carbocycles. The highest BCUT2D eigenvalue weighted by atomic mass is 16.2. The molecule has 0 spiro atoms. The predicted octanol–water partition coefficient (Wildman–Crippen LogP) is 4.12. The molecule has 1 saturated heterocycles. The van der Waals surface area contributed by atoms with E-state index in [-0.39, 0.29) is 17.7 Å². The summed E-state index contributed by atoms with van der Waals surface area (Å²) in [6.07, 6.45) is 4.94. The summed E-state index contributed by atoms with van der Waals surface area (Å²) >= 11 is 0. The third-order valence-electron chi connectivity index (χ3n) is 5.92. The van der Waals surface area contributed by atoms with Crippen LogP contribution >= 0.6 is 0 Å². The maximum Gasteiger partial charge on any atom is 0.254 e. The Balaban J connectivity index is 1.28. The normalized spacial score (nSPS) is 16.1. The lowest BCUT2D eigenvalue weighted by Gasteiger charge is -2.32. The molecule has 3 heterocycles. The van der Waals surface area contributed by atoms with Gasteiger partial charge in [-0.3, -0.25) is 19.7 Å². The minimum atomic E-state index is -0.274. The van der Waals surface area contributed by atoms with Crippen molar-refractivity contribution >= 4 is 28.4 Å². The first kappa shape index (κ1) is 19.9. The molecule has 1 fully saturated rings. The van der Waals surface area contributed by atoms with Crippen LogP contribution in [-0.2, 0) is 4.79 Å². The molecule has 0 bridgehead atoms. The molecule has 4 aromatic rings. The fraction of sp³-hybridized carbons (Fsp3) is 0.200. The molecular formula is C25H23N5O2. The molecule has 0 unspecified atom stereocenters. The maximum atomic E-state index is 13.3. The number of carbonyl (C=O) groups is 2. The lowest BCUT2D eigenvalue weighted by atomic mass is 9.95. The molecule has 32 heavy (non-hydrogen) atoms. The van der Waals surface area contributed by atoms with Gasteiger partial charge in [0.15, 0.2) is 5.82 Å². The van der Waals surface area contributed by atoms with E-state index in [9.17, 15) is 9.59 Å². The van der Waals surface area contributed by atoms with Crippen LogP contribution < -0.4 is 5.32 Å². The van der Waals surface area contributed by atoms with Gasteiger partial charge >= 0.3 is 0 Å². The summed E-state index contributed by atoms with van der Waals surface area (Å²) < 4.78 is 0. The van der Waals surface area contributed by atoms with Crippen LogP contribution in [0, 0.1) is 5.92 Å². The van der Waals surface area contributed by atoms with E-state index in [1.165, 1.54) is 0 Å². The van der Waals surface area contributed by atoms with Crippen LogP contribution in [0.5, 0.6) is 0 Å². The molecule has 0 radical (unpaired) electrons. The van der Waals surface area contributed by atoms with Crippen LogP contribution in [0.25, 0.3) is 22.0 Å². The first-order valence-electron chi connectivity index (χ1n) is 10.7. The van der Waals surface area contributed by atoms with Crippen LogP contribution in [0.3, 0.4) is 0 Å². The number of pyridine rings is 1. The molecule has 7 nitrogen and oxygen atoms in total. The molecule has 1 aliphatic heterocycles.